The van der Waals surface area contributed by atoms with Crippen LogP contribution in [0, 0.1) is 13.8 Å². The van der Waals surface area contributed by atoms with E-state index < -0.39 is 0 Å². The number of aryl methyl sites for hydroxylation is 2. The van der Waals surface area contributed by atoms with Gasteiger partial charge in [-0.3, -0.25) is 0 Å². The molecule has 3 heteroatoms. The molecule has 0 radical (unpaired) electrons. The van der Waals surface area contributed by atoms with Crippen molar-refractivity contribution in [2.24, 2.45) is 0 Å². The molecular formula is C29H36Cl2Ti-4. The maximum atomic E-state index is 3.38. The fourth-order valence-corrected chi connectivity index (χ4v) is 3.48. The summed E-state index contributed by atoms with van der Waals surface area (Å²) in [6, 6.07) is 26.4. The Bertz CT molecular complexity index is 808. The molecule has 0 aromatic heterocycles. The summed E-state index contributed by atoms with van der Waals surface area (Å²) < 4.78 is 0. The molecule has 174 valence electrons. The standard InChI is InChI=1S/2C13H15.C3H6.2ClH.Ti/c2*1-2-3-6-11-9-12-7-4-5-8-13(12)10-11;1-3-2;;;/h2*4-5,7-10H,2-3,6H2,1H3;1-3H2;2*1H;/q2*-1;-2;;;+2/p-2. The van der Waals surface area contributed by atoms with Gasteiger partial charge in [0.25, 0.3) is 0 Å². The van der Waals surface area contributed by atoms with E-state index >= 15 is 0 Å². The summed E-state index contributed by atoms with van der Waals surface area (Å²) >= 11 is 0. The van der Waals surface area contributed by atoms with Crippen molar-refractivity contribution in [3.8, 4) is 0 Å². The second-order valence-electron chi connectivity index (χ2n) is 7.55. The Labute approximate surface area is 223 Å². The Balaban J connectivity index is 0. The van der Waals surface area contributed by atoms with Crippen molar-refractivity contribution in [2.75, 3.05) is 0 Å². The number of fused-ring (bicyclic) bond motifs is 2. The van der Waals surface area contributed by atoms with Crippen molar-refractivity contribution in [3.63, 3.8) is 0 Å². The molecule has 0 heterocycles. The van der Waals surface area contributed by atoms with E-state index in [0.717, 1.165) is 6.42 Å². The third-order valence-electron chi connectivity index (χ3n) is 4.99. The maximum absolute atomic E-state index is 3.38. The molecule has 0 saturated carbocycles. The molecule has 0 aliphatic carbocycles. The van der Waals surface area contributed by atoms with Crippen LogP contribution in [0.4, 0.5) is 0 Å². The largest absolute Gasteiger partial charge is 2.00 e. The van der Waals surface area contributed by atoms with Gasteiger partial charge in [-0.05, 0) is 12.8 Å². The Morgan fingerprint density at radius 1 is 0.656 bits per heavy atom. The third kappa shape index (κ3) is 11.2. The maximum Gasteiger partial charge on any atom is 2.00 e. The minimum absolute atomic E-state index is 0. The first-order valence-electron chi connectivity index (χ1n) is 11.1. The molecule has 32 heavy (non-hydrogen) atoms. The van der Waals surface area contributed by atoms with Crippen molar-refractivity contribution < 1.29 is 46.5 Å². The van der Waals surface area contributed by atoms with Gasteiger partial charge in [-0.1, -0.05) is 51.7 Å². The van der Waals surface area contributed by atoms with Gasteiger partial charge in [-0.15, -0.1) is 81.2 Å². The van der Waals surface area contributed by atoms with Crippen LogP contribution in [0.2, 0.25) is 0 Å². The van der Waals surface area contributed by atoms with E-state index in [9.17, 15) is 0 Å². The molecule has 0 aliphatic rings. The quantitative estimate of drug-likeness (QED) is 0.281. The Kier molecular flexibility index (Phi) is 20.1. The molecule has 0 unspecified atom stereocenters. The predicted octanol–water partition coefficient (Wildman–Crippen LogP) is 2.85. The van der Waals surface area contributed by atoms with E-state index in [0.29, 0.717) is 0 Å². The van der Waals surface area contributed by atoms with Crippen LogP contribution in [-0.4, -0.2) is 0 Å². The normalized spacial score (nSPS) is 9.38. The molecule has 0 bridgehead atoms. The van der Waals surface area contributed by atoms with Crippen LogP contribution >= 0.6 is 0 Å². The Hall–Kier alpha value is -1.05. The summed E-state index contributed by atoms with van der Waals surface area (Å²) in [6.45, 7) is 11.2. The fourth-order valence-electron chi connectivity index (χ4n) is 3.48. The molecule has 4 aromatic carbocycles. The van der Waals surface area contributed by atoms with Crippen molar-refractivity contribution in [1.82, 2.24) is 0 Å². The van der Waals surface area contributed by atoms with Crippen LogP contribution < -0.4 is 24.8 Å². The number of hydrogen-bond acceptors (Lipinski definition) is 0. The number of benzene rings is 2. The van der Waals surface area contributed by atoms with Crippen molar-refractivity contribution in [2.45, 2.75) is 58.8 Å². The molecule has 0 amide bonds. The van der Waals surface area contributed by atoms with Gasteiger partial charge >= 0.3 is 21.7 Å². The average molecular weight is 503 g/mol. The zero-order chi connectivity index (χ0) is 20.9. The van der Waals surface area contributed by atoms with E-state index in [1.165, 1.54) is 71.2 Å². The number of unbranched alkanes of at least 4 members (excludes halogenated alkanes) is 2. The summed E-state index contributed by atoms with van der Waals surface area (Å²) in [5.74, 6) is 0. The van der Waals surface area contributed by atoms with Crippen LogP contribution in [0.1, 0.15) is 57.1 Å². The van der Waals surface area contributed by atoms with Gasteiger partial charge in [0.15, 0.2) is 0 Å². The van der Waals surface area contributed by atoms with Crippen LogP contribution in [0.5, 0.6) is 0 Å². The van der Waals surface area contributed by atoms with Gasteiger partial charge in [0.2, 0.25) is 0 Å². The molecule has 0 spiro atoms. The fraction of sp³-hybridized carbons (Fsp3) is 0.310. The molecule has 4 aromatic rings. The van der Waals surface area contributed by atoms with E-state index in [4.69, 9.17) is 0 Å². The molecule has 0 atom stereocenters. The van der Waals surface area contributed by atoms with Gasteiger partial charge in [0, 0.05) is 0 Å². The topological polar surface area (TPSA) is 0 Å². The van der Waals surface area contributed by atoms with Crippen LogP contribution in [0.25, 0.3) is 21.5 Å². The van der Waals surface area contributed by atoms with Gasteiger partial charge in [-0.25, -0.2) is 0 Å². The summed E-state index contributed by atoms with van der Waals surface area (Å²) in [7, 11) is 0. The van der Waals surface area contributed by atoms with E-state index in [1.54, 1.807) is 0 Å². The summed E-state index contributed by atoms with van der Waals surface area (Å²) in [6.07, 6.45) is 8.37. The second kappa shape index (κ2) is 19.4. The van der Waals surface area contributed by atoms with E-state index in [1.807, 2.05) is 0 Å². The van der Waals surface area contributed by atoms with Crippen LogP contribution in [0.3, 0.4) is 0 Å². The SMILES string of the molecule is CCCCc1cc2ccccc2[cH-]1.CCCCc1cc2ccccc2[cH-]1.[CH2-]C[CH2-].[Cl-].[Cl-].[Ti+2]. The number of hydrogen-bond donors (Lipinski definition) is 0. The van der Waals surface area contributed by atoms with Gasteiger partial charge in [0.1, 0.15) is 0 Å². The first-order chi connectivity index (χ1) is 14.2. The van der Waals surface area contributed by atoms with Crippen molar-refractivity contribution in [3.05, 3.63) is 97.8 Å². The van der Waals surface area contributed by atoms with Gasteiger partial charge in [-0.2, -0.15) is 12.1 Å². The van der Waals surface area contributed by atoms with Crippen molar-refractivity contribution >= 4 is 21.5 Å². The molecular weight excluding hydrogens is 467 g/mol. The summed E-state index contributed by atoms with van der Waals surface area (Å²) in [4.78, 5) is 0. The predicted molar refractivity (Wildman–Crippen MR) is 132 cm³/mol. The third-order valence-corrected chi connectivity index (χ3v) is 4.99. The molecule has 0 aliphatic heterocycles. The molecule has 0 saturated heterocycles. The Morgan fingerprint density at radius 3 is 1.31 bits per heavy atom. The molecule has 0 fully saturated rings. The first kappa shape index (κ1) is 33.1. The smallest absolute Gasteiger partial charge is 1.00 e. The van der Waals surface area contributed by atoms with Crippen molar-refractivity contribution in [1.29, 1.82) is 0 Å². The van der Waals surface area contributed by atoms with Crippen LogP contribution in [-0.2, 0) is 34.6 Å². The second-order valence-corrected chi connectivity index (χ2v) is 7.55. The van der Waals surface area contributed by atoms with E-state index in [2.05, 4.69) is 100 Å². The molecule has 0 N–H and O–H groups in total. The number of halogens is 2. The summed E-state index contributed by atoms with van der Waals surface area (Å²) in [5, 5.41) is 5.53. The van der Waals surface area contributed by atoms with E-state index in [-0.39, 0.29) is 46.5 Å². The van der Waals surface area contributed by atoms with Gasteiger partial charge in [0.05, 0.1) is 0 Å². The molecule has 0 nitrogen and oxygen atoms in total. The average Bonchev–Trinajstić information content (AvgIpc) is 3.35. The monoisotopic (exact) mass is 502 g/mol. The van der Waals surface area contributed by atoms with Gasteiger partial charge < -0.3 is 45.1 Å². The first-order valence-corrected chi connectivity index (χ1v) is 11.1. The zero-order valence-corrected chi connectivity index (χ0v) is 22.6. The van der Waals surface area contributed by atoms with Crippen LogP contribution in [0.15, 0.2) is 72.8 Å². The molecule has 4 rings (SSSR count). The zero-order valence-electron chi connectivity index (χ0n) is 19.5. The minimum Gasteiger partial charge on any atom is -1.00 e. The summed E-state index contributed by atoms with van der Waals surface area (Å²) in [5.41, 5.74) is 2.98. The Morgan fingerprint density at radius 2 is 1.00 bits per heavy atom. The minimum atomic E-state index is 0. The number of rotatable bonds is 6.